The lowest BCUT2D eigenvalue weighted by molar-refractivity contribution is 0.0794. The second-order valence-corrected chi connectivity index (χ2v) is 7.40. The van der Waals surface area contributed by atoms with Crippen molar-refractivity contribution in [2.45, 2.75) is 26.2 Å². The Hall–Kier alpha value is -2.34. The van der Waals surface area contributed by atoms with Crippen LogP contribution in [-0.4, -0.2) is 36.4 Å². The second kappa shape index (κ2) is 9.04. The van der Waals surface area contributed by atoms with Gasteiger partial charge in [0.25, 0.3) is 11.8 Å². The van der Waals surface area contributed by atoms with Gasteiger partial charge < -0.3 is 15.0 Å². The first kappa shape index (κ1) is 19.4. The largest absolute Gasteiger partial charge is 0.493 e. The molecule has 142 valence electrons. The van der Waals surface area contributed by atoms with Gasteiger partial charge in [0.1, 0.15) is 5.75 Å². The SMILES string of the molecule is CCCOc1ccc(Br)cc1C(=O)Nc1ccccc1C(=O)N1CCCC1. The van der Waals surface area contributed by atoms with Crippen LogP contribution in [0.1, 0.15) is 46.9 Å². The maximum absolute atomic E-state index is 12.9. The third-order valence-electron chi connectivity index (χ3n) is 4.45. The molecule has 0 spiro atoms. The smallest absolute Gasteiger partial charge is 0.259 e. The summed E-state index contributed by atoms with van der Waals surface area (Å²) >= 11 is 3.40. The van der Waals surface area contributed by atoms with Gasteiger partial charge in [-0.15, -0.1) is 0 Å². The summed E-state index contributed by atoms with van der Waals surface area (Å²) in [5, 5.41) is 2.89. The molecule has 1 heterocycles. The van der Waals surface area contributed by atoms with Gasteiger partial charge in [-0.3, -0.25) is 9.59 Å². The van der Waals surface area contributed by atoms with Gasteiger partial charge >= 0.3 is 0 Å². The van der Waals surface area contributed by atoms with E-state index in [1.807, 2.05) is 30.0 Å². The van der Waals surface area contributed by atoms with Gasteiger partial charge in [0.2, 0.25) is 0 Å². The first-order chi connectivity index (χ1) is 13.1. The van der Waals surface area contributed by atoms with E-state index in [2.05, 4.69) is 21.2 Å². The summed E-state index contributed by atoms with van der Waals surface area (Å²) in [6.45, 7) is 4.08. The Balaban J connectivity index is 1.84. The molecule has 27 heavy (non-hydrogen) atoms. The average Bonchev–Trinajstić information content (AvgIpc) is 3.21. The van der Waals surface area contributed by atoms with Crippen LogP contribution in [0.5, 0.6) is 5.75 Å². The van der Waals surface area contributed by atoms with E-state index in [0.29, 0.717) is 29.2 Å². The molecule has 0 aromatic heterocycles. The van der Waals surface area contributed by atoms with E-state index in [1.54, 1.807) is 24.3 Å². The third-order valence-corrected chi connectivity index (χ3v) is 4.94. The monoisotopic (exact) mass is 430 g/mol. The number of amides is 2. The highest BCUT2D eigenvalue weighted by Crippen LogP contribution is 2.26. The number of para-hydroxylation sites is 1. The van der Waals surface area contributed by atoms with Gasteiger partial charge in [0.05, 0.1) is 23.4 Å². The summed E-state index contributed by atoms with van der Waals surface area (Å²) in [6.07, 6.45) is 2.90. The number of likely N-dealkylation sites (tertiary alicyclic amines) is 1. The summed E-state index contributed by atoms with van der Waals surface area (Å²) in [4.78, 5) is 27.5. The maximum Gasteiger partial charge on any atom is 0.259 e. The van der Waals surface area contributed by atoms with E-state index < -0.39 is 0 Å². The highest BCUT2D eigenvalue weighted by atomic mass is 79.9. The molecule has 2 aromatic carbocycles. The van der Waals surface area contributed by atoms with Crippen molar-refractivity contribution in [3.05, 3.63) is 58.1 Å². The Morgan fingerprint density at radius 1 is 1.11 bits per heavy atom. The minimum atomic E-state index is -0.302. The van der Waals surface area contributed by atoms with Crippen molar-refractivity contribution < 1.29 is 14.3 Å². The highest BCUT2D eigenvalue weighted by molar-refractivity contribution is 9.10. The number of nitrogens with zero attached hydrogens (tertiary/aromatic N) is 1. The summed E-state index contributed by atoms with van der Waals surface area (Å²) in [5.74, 6) is 0.185. The maximum atomic E-state index is 12.9. The minimum Gasteiger partial charge on any atom is -0.493 e. The molecular weight excluding hydrogens is 408 g/mol. The van der Waals surface area contributed by atoms with Gasteiger partial charge in [0.15, 0.2) is 0 Å². The number of halogens is 1. The zero-order valence-electron chi connectivity index (χ0n) is 15.3. The van der Waals surface area contributed by atoms with E-state index in [-0.39, 0.29) is 11.8 Å². The second-order valence-electron chi connectivity index (χ2n) is 6.49. The van der Waals surface area contributed by atoms with Crippen molar-refractivity contribution in [1.82, 2.24) is 4.90 Å². The van der Waals surface area contributed by atoms with Crippen LogP contribution in [0.25, 0.3) is 0 Å². The molecule has 0 bridgehead atoms. The van der Waals surface area contributed by atoms with Crippen LogP contribution in [0.3, 0.4) is 0 Å². The molecule has 6 heteroatoms. The molecular formula is C21H23BrN2O3. The molecule has 1 N–H and O–H groups in total. The van der Waals surface area contributed by atoms with Crippen LogP contribution in [0.2, 0.25) is 0 Å². The summed E-state index contributed by atoms with van der Waals surface area (Å²) in [5.41, 5.74) is 1.46. The molecule has 0 radical (unpaired) electrons. The summed E-state index contributed by atoms with van der Waals surface area (Å²) < 4.78 is 6.49. The quantitative estimate of drug-likeness (QED) is 0.720. The number of hydrogen-bond donors (Lipinski definition) is 1. The van der Waals surface area contributed by atoms with Crippen LogP contribution in [0.15, 0.2) is 46.9 Å². The number of hydrogen-bond acceptors (Lipinski definition) is 3. The normalized spacial score (nSPS) is 13.5. The molecule has 5 nitrogen and oxygen atoms in total. The van der Waals surface area contributed by atoms with E-state index in [9.17, 15) is 9.59 Å². The molecule has 0 saturated carbocycles. The molecule has 3 rings (SSSR count). The zero-order chi connectivity index (χ0) is 19.2. The lowest BCUT2D eigenvalue weighted by atomic mass is 10.1. The molecule has 0 unspecified atom stereocenters. The topological polar surface area (TPSA) is 58.6 Å². The summed E-state index contributed by atoms with van der Waals surface area (Å²) in [7, 11) is 0. The molecule has 1 fully saturated rings. The average molecular weight is 431 g/mol. The number of rotatable bonds is 6. The fraction of sp³-hybridized carbons (Fsp3) is 0.333. The fourth-order valence-electron chi connectivity index (χ4n) is 3.08. The van der Waals surface area contributed by atoms with E-state index >= 15 is 0 Å². The van der Waals surface area contributed by atoms with Gasteiger partial charge in [-0.2, -0.15) is 0 Å². The Bertz CT molecular complexity index is 832. The van der Waals surface area contributed by atoms with Crippen molar-refractivity contribution in [1.29, 1.82) is 0 Å². The number of carbonyl (C=O) groups excluding carboxylic acids is 2. The molecule has 0 atom stereocenters. The Morgan fingerprint density at radius 3 is 2.59 bits per heavy atom. The Morgan fingerprint density at radius 2 is 1.85 bits per heavy atom. The van der Waals surface area contributed by atoms with E-state index in [0.717, 1.165) is 36.8 Å². The van der Waals surface area contributed by atoms with E-state index in [1.165, 1.54) is 0 Å². The Labute approximate surface area is 167 Å². The van der Waals surface area contributed by atoms with Crippen LogP contribution in [0.4, 0.5) is 5.69 Å². The molecule has 2 amide bonds. The standard InChI is InChI=1S/C21H23BrN2O3/c1-2-13-27-19-10-9-15(22)14-17(19)20(25)23-18-8-4-3-7-16(18)21(26)24-11-5-6-12-24/h3-4,7-10,14H,2,5-6,11-13H2,1H3,(H,23,25). The van der Waals surface area contributed by atoms with Crippen molar-refractivity contribution in [2.75, 3.05) is 25.0 Å². The van der Waals surface area contributed by atoms with Crippen molar-refractivity contribution >= 4 is 33.4 Å². The highest BCUT2D eigenvalue weighted by Gasteiger charge is 2.23. The number of anilines is 1. The van der Waals surface area contributed by atoms with E-state index in [4.69, 9.17) is 4.74 Å². The van der Waals surface area contributed by atoms with Crippen molar-refractivity contribution in [3.63, 3.8) is 0 Å². The molecule has 2 aromatic rings. The first-order valence-corrected chi connectivity index (χ1v) is 10.0. The number of carbonyl (C=O) groups is 2. The van der Waals surface area contributed by atoms with Gasteiger partial charge in [-0.25, -0.2) is 0 Å². The predicted octanol–water partition coefficient (Wildman–Crippen LogP) is 4.73. The molecule has 1 aliphatic heterocycles. The Kier molecular flexibility index (Phi) is 6.50. The van der Waals surface area contributed by atoms with Gasteiger partial charge in [0, 0.05) is 17.6 Å². The van der Waals surface area contributed by atoms with Crippen LogP contribution in [-0.2, 0) is 0 Å². The van der Waals surface area contributed by atoms with Crippen molar-refractivity contribution in [2.24, 2.45) is 0 Å². The van der Waals surface area contributed by atoms with Crippen LogP contribution >= 0.6 is 15.9 Å². The lowest BCUT2D eigenvalue weighted by Gasteiger charge is -2.18. The summed E-state index contributed by atoms with van der Waals surface area (Å²) in [6, 6.07) is 12.5. The van der Waals surface area contributed by atoms with Gasteiger partial charge in [-0.05, 0) is 49.6 Å². The predicted molar refractivity (Wildman–Crippen MR) is 109 cm³/mol. The number of nitrogens with one attached hydrogen (secondary N) is 1. The molecule has 1 aliphatic rings. The van der Waals surface area contributed by atoms with Crippen molar-refractivity contribution in [3.8, 4) is 5.75 Å². The first-order valence-electron chi connectivity index (χ1n) is 9.22. The van der Waals surface area contributed by atoms with Crippen LogP contribution < -0.4 is 10.1 Å². The fourth-order valence-corrected chi connectivity index (χ4v) is 3.44. The van der Waals surface area contributed by atoms with Gasteiger partial charge in [-0.1, -0.05) is 35.0 Å². The third kappa shape index (κ3) is 4.69. The molecule has 1 saturated heterocycles. The lowest BCUT2D eigenvalue weighted by Crippen LogP contribution is -2.28. The number of ether oxygens (including phenoxy) is 1. The number of benzene rings is 2. The minimum absolute atomic E-state index is 0.0416. The van der Waals surface area contributed by atoms with Crippen LogP contribution in [0, 0.1) is 0 Å². The molecule has 0 aliphatic carbocycles. The zero-order valence-corrected chi connectivity index (χ0v) is 16.9.